The molecule has 4 rings (SSSR count). The maximum Gasteiger partial charge on any atom is 0.274 e. The first-order chi connectivity index (χ1) is 15.0. The van der Waals surface area contributed by atoms with Gasteiger partial charge in [-0.3, -0.25) is 4.79 Å². The molecule has 0 fully saturated rings. The number of rotatable bonds is 5. The molecule has 4 aromatic rings. The normalized spacial score (nSPS) is 10.7. The lowest BCUT2D eigenvalue weighted by molar-refractivity contribution is 0.101. The van der Waals surface area contributed by atoms with Gasteiger partial charge in [0.2, 0.25) is 0 Å². The highest BCUT2D eigenvalue weighted by atomic mass is 35.5. The van der Waals surface area contributed by atoms with Crippen molar-refractivity contribution in [2.75, 3.05) is 12.4 Å². The molecule has 0 aliphatic rings. The Balaban J connectivity index is 1.77. The molecule has 0 aliphatic carbocycles. The molecule has 6 heteroatoms. The number of halogens is 1. The van der Waals surface area contributed by atoms with Gasteiger partial charge in [0, 0.05) is 11.3 Å². The van der Waals surface area contributed by atoms with Crippen molar-refractivity contribution in [1.29, 1.82) is 0 Å². The van der Waals surface area contributed by atoms with Crippen LogP contribution in [0.25, 0.3) is 16.9 Å². The highest BCUT2D eigenvalue weighted by molar-refractivity contribution is 6.33. The minimum Gasteiger partial charge on any atom is -0.497 e. The number of benzene rings is 3. The Bertz CT molecular complexity index is 1250. The van der Waals surface area contributed by atoms with Crippen LogP contribution in [0.3, 0.4) is 0 Å². The zero-order valence-electron chi connectivity index (χ0n) is 17.5. The number of carbonyl (C=O) groups is 1. The highest BCUT2D eigenvalue weighted by Gasteiger charge is 2.19. The molecule has 5 nitrogen and oxygen atoms in total. The SMILES string of the molecule is COc1ccc(-n2nc(-c3ccccc3Cl)cc2C(=O)Nc2ccc(C)c(C)c2)cc1. The van der Waals surface area contributed by atoms with Gasteiger partial charge in [-0.25, -0.2) is 4.68 Å². The highest BCUT2D eigenvalue weighted by Crippen LogP contribution is 2.29. The Hall–Kier alpha value is -3.57. The molecule has 1 aromatic heterocycles. The molecule has 0 aliphatic heterocycles. The summed E-state index contributed by atoms with van der Waals surface area (Å²) in [5.74, 6) is 0.466. The topological polar surface area (TPSA) is 56.2 Å². The Morgan fingerprint density at radius 2 is 1.71 bits per heavy atom. The number of amides is 1. The molecule has 156 valence electrons. The predicted molar refractivity (Wildman–Crippen MR) is 124 cm³/mol. The number of anilines is 1. The largest absolute Gasteiger partial charge is 0.497 e. The smallest absolute Gasteiger partial charge is 0.274 e. The van der Waals surface area contributed by atoms with E-state index in [4.69, 9.17) is 21.4 Å². The van der Waals surface area contributed by atoms with E-state index in [0.717, 1.165) is 28.3 Å². The Kier molecular flexibility index (Phi) is 5.78. The van der Waals surface area contributed by atoms with Gasteiger partial charge >= 0.3 is 0 Å². The van der Waals surface area contributed by atoms with Crippen molar-refractivity contribution < 1.29 is 9.53 Å². The van der Waals surface area contributed by atoms with Crippen molar-refractivity contribution >= 4 is 23.2 Å². The summed E-state index contributed by atoms with van der Waals surface area (Å²) in [6, 6.07) is 22.4. The standard InChI is InChI=1S/C25H22ClN3O2/c1-16-8-9-18(14-17(16)2)27-25(30)24-15-23(21-6-4-5-7-22(21)26)28-29(24)19-10-12-20(31-3)13-11-19/h4-15H,1-3H3,(H,27,30). The van der Waals surface area contributed by atoms with Crippen LogP contribution in [-0.4, -0.2) is 22.8 Å². The van der Waals surface area contributed by atoms with E-state index in [1.807, 2.05) is 74.5 Å². The van der Waals surface area contributed by atoms with E-state index in [2.05, 4.69) is 5.32 Å². The fraction of sp³-hybridized carbons (Fsp3) is 0.120. The van der Waals surface area contributed by atoms with Crippen LogP contribution in [0.1, 0.15) is 21.6 Å². The number of carbonyl (C=O) groups excluding carboxylic acids is 1. The quantitative estimate of drug-likeness (QED) is 0.417. The summed E-state index contributed by atoms with van der Waals surface area (Å²) in [6.07, 6.45) is 0. The second kappa shape index (κ2) is 8.66. The minimum atomic E-state index is -0.259. The van der Waals surface area contributed by atoms with Crippen molar-refractivity contribution in [1.82, 2.24) is 9.78 Å². The lowest BCUT2D eigenvalue weighted by Crippen LogP contribution is -2.17. The number of aryl methyl sites for hydroxylation is 2. The van der Waals surface area contributed by atoms with Gasteiger partial charge < -0.3 is 10.1 Å². The molecule has 0 radical (unpaired) electrons. The number of nitrogens with one attached hydrogen (secondary N) is 1. The van der Waals surface area contributed by atoms with Crippen molar-refractivity contribution in [2.45, 2.75) is 13.8 Å². The summed E-state index contributed by atoms with van der Waals surface area (Å²) in [5.41, 5.74) is 5.53. The number of aromatic nitrogens is 2. The zero-order chi connectivity index (χ0) is 22.0. The molecular formula is C25H22ClN3O2. The molecule has 1 N–H and O–H groups in total. The summed E-state index contributed by atoms with van der Waals surface area (Å²) in [5, 5.41) is 8.25. The summed E-state index contributed by atoms with van der Waals surface area (Å²) >= 11 is 6.38. The third-order valence-corrected chi connectivity index (χ3v) is 5.50. The van der Waals surface area contributed by atoms with Crippen LogP contribution in [0, 0.1) is 13.8 Å². The van der Waals surface area contributed by atoms with Gasteiger partial charge in [-0.05, 0) is 73.5 Å². The first-order valence-electron chi connectivity index (χ1n) is 9.84. The van der Waals surface area contributed by atoms with E-state index in [0.29, 0.717) is 16.4 Å². The van der Waals surface area contributed by atoms with Gasteiger partial charge in [0.25, 0.3) is 5.91 Å². The lowest BCUT2D eigenvalue weighted by atomic mass is 10.1. The van der Waals surface area contributed by atoms with E-state index in [1.165, 1.54) is 5.56 Å². The number of ether oxygens (including phenoxy) is 1. The molecule has 0 atom stereocenters. The second-order valence-electron chi connectivity index (χ2n) is 7.26. The van der Waals surface area contributed by atoms with Crippen LogP contribution in [0.15, 0.2) is 72.8 Å². The summed E-state index contributed by atoms with van der Waals surface area (Å²) in [6.45, 7) is 4.05. The molecular weight excluding hydrogens is 410 g/mol. The summed E-state index contributed by atoms with van der Waals surface area (Å²) in [4.78, 5) is 13.2. The van der Waals surface area contributed by atoms with Crippen LogP contribution >= 0.6 is 11.6 Å². The second-order valence-corrected chi connectivity index (χ2v) is 7.66. The first kappa shape index (κ1) is 20.7. The van der Waals surface area contributed by atoms with Gasteiger partial charge in [-0.1, -0.05) is 35.9 Å². The summed E-state index contributed by atoms with van der Waals surface area (Å²) < 4.78 is 6.87. The Morgan fingerprint density at radius 1 is 0.968 bits per heavy atom. The van der Waals surface area contributed by atoms with Gasteiger partial charge in [-0.15, -0.1) is 0 Å². The number of hydrogen-bond acceptors (Lipinski definition) is 3. The van der Waals surface area contributed by atoms with Gasteiger partial charge in [-0.2, -0.15) is 5.10 Å². The fourth-order valence-corrected chi connectivity index (χ4v) is 3.51. The van der Waals surface area contributed by atoms with Gasteiger partial charge in [0.1, 0.15) is 11.4 Å². The summed E-state index contributed by atoms with van der Waals surface area (Å²) in [7, 11) is 1.61. The number of methoxy groups -OCH3 is 1. The van der Waals surface area contributed by atoms with E-state index in [1.54, 1.807) is 23.9 Å². The minimum absolute atomic E-state index is 0.259. The van der Waals surface area contributed by atoms with E-state index >= 15 is 0 Å². The van der Waals surface area contributed by atoms with Gasteiger partial charge in [0.05, 0.1) is 23.5 Å². The number of nitrogens with zero attached hydrogens (tertiary/aromatic N) is 2. The molecule has 0 bridgehead atoms. The Labute approximate surface area is 186 Å². The van der Waals surface area contributed by atoms with Crippen LogP contribution in [0.4, 0.5) is 5.69 Å². The molecule has 0 saturated carbocycles. The molecule has 31 heavy (non-hydrogen) atoms. The van der Waals surface area contributed by atoms with Crippen LogP contribution < -0.4 is 10.1 Å². The molecule has 3 aromatic carbocycles. The maximum atomic E-state index is 13.2. The monoisotopic (exact) mass is 431 g/mol. The Morgan fingerprint density at radius 3 is 2.39 bits per heavy atom. The lowest BCUT2D eigenvalue weighted by Gasteiger charge is -2.10. The number of hydrogen-bond donors (Lipinski definition) is 1. The fourth-order valence-electron chi connectivity index (χ4n) is 3.28. The van der Waals surface area contributed by atoms with Crippen molar-refractivity contribution in [3.63, 3.8) is 0 Å². The third kappa shape index (κ3) is 4.32. The third-order valence-electron chi connectivity index (χ3n) is 5.17. The van der Waals surface area contributed by atoms with E-state index < -0.39 is 0 Å². The van der Waals surface area contributed by atoms with Crippen molar-refractivity contribution in [2.24, 2.45) is 0 Å². The van der Waals surface area contributed by atoms with E-state index in [9.17, 15) is 4.79 Å². The van der Waals surface area contributed by atoms with Crippen LogP contribution in [-0.2, 0) is 0 Å². The predicted octanol–water partition coefficient (Wildman–Crippen LogP) is 6.07. The maximum absolute atomic E-state index is 13.2. The molecule has 0 saturated heterocycles. The van der Waals surface area contributed by atoms with Crippen LogP contribution in [0.5, 0.6) is 5.75 Å². The molecule has 0 spiro atoms. The van der Waals surface area contributed by atoms with Crippen LogP contribution in [0.2, 0.25) is 5.02 Å². The van der Waals surface area contributed by atoms with Gasteiger partial charge in [0.15, 0.2) is 0 Å². The van der Waals surface area contributed by atoms with E-state index in [-0.39, 0.29) is 5.91 Å². The van der Waals surface area contributed by atoms with Crippen molar-refractivity contribution in [3.8, 4) is 22.7 Å². The first-order valence-corrected chi connectivity index (χ1v) is 10.2. The molecule has 1 amide bonds. The molecule has 0 unspecified atom stereocenters. The average molecular weight is 432 g/mol. The van der Waals surface area contributed by atoms with Crippen molar-refractivity contribution in [3.05, 3.63) is 94.6 Å². The molecule has 1 heterocycles. The average Bonchev–Trinajstić information content (AvgIpc) is 3.22. The zero-order valence-corrected chi connectivity index (χ0v) is 18.3.